The molecule has 0 fully saturated rings. The van der Waals surface area contributed by atoms with Crippen molar-refractivity contribution in [1.29, 1.82) is 0 Å². The summed E-state index contributed by atoms with van der Waals surface area (Å²) in [5, 5.41) is 9.95. The highest BCUT2D eigenvalue weighted by atomic mass is 19.4. The van der Waals surface area contributed by atoms with E-state index in [2.05, 4.69) is 4.99 Å². The Morgan fingerprint density at radius 2 is 1.75 bits per heavy atom. The zero-order chi connectivity index (χ0) is 24.5. The summed E-state index contributed by atoms with van der Waals surface area (Å²) in [7, 11) is 1.88. The van der Waals surface area contributed by atoms with Crippen molar-refractivity contribution >= 4 is 12.0 Å². The summed E-state index contributed by atoms with van der Waals surface area (Å²) < 4.78 is 43.7. The lowest BCUT2D eigenvalue weighted by Crippen LogP contribution is -2.25. The smallest absolute Gasteiger partial charge is 0.386 e. The van der Waals surface area contributed by atoms with Gasteiger partial charge in [-0.15, -0.1) is 0 Å². The monoisotopic (exact) mass is 451 g/mol. The van der Waals surface area contributed by atoms with Gasteiger partial charge in [0, 0.05) is 36.3 Å². The van der Waals surface area contributed by atoms with Crippen LogP contribution in [0.3, 0.4) is 0 Å². The van der Waals surface area contributed by atoms with Crippen molar-refractivity contribution < 1.29 is 23.1 Å². The molecule has 0 atom stereocenters. The molecule has 0 aliphatic rings. The molecule has 0 aliphatic heterocycles. The fraction of sp³-hybridized carbons (Fsp3) is 0.500. The van der Waals surface area contributed by atoms with E-state index in [-0.39, 0.29) is 16.5 Å². The molecule has 0 unspecified atom stereocenters. The number of carbonyl (C=O) groups excluding carboxylic acids is 1. The summed E-state index contributed by atoms with van der Waals surface area (Å²) in [6.45, 7) is 11.8. The predicted octanol–water partition coefficient (Wildman–Crippen LogP) is 5.08. The summed E-state index contributed by atoms with van der Waals surface area (Å²) in [6.07, 6.45) is -0.938. The van der Waals surface area contributed by atoms with Crippen LogP contribution in [0.5, 0.6) is 0 Å². The van der Waals surface area contributed by atoms with Gasteiger partial charge in [0.1, 0.15) is 0 Å². The van der Waals surface area contributed by atoms with Gasteiger partial charge in [0.05, 0.1) is 11.2 Å². The molecule has 1 aromatic heterocycles. The van der Waals surface area contributed by atoms with Gasteiger partial charge in [-0.2, -0.15) is 18.2 Å². The minimum atomic E-state index is -4.60. The second kappa shape index (κ2) is 9.10. The fourth-order valence-corrected chi connectivity index (χ4v) is 3.36. The molecule has 1 heterocycles. The van der Waals surface area contributed by atoms with Crippen LogP contribution in [-0.2, 0) is 25.2 Å². The van der Waals surface area contributed by atoms with Crippen molar-refractivity contribution in [3.05, 3.63) is 58.2 Å². The second-order valence-corrected chi connectivity index (χ2v) is 9.49. The van der Waals surface area contributed by atoms with Gasteiger partial charge in [0.2, 0.25) is 0 Å². The third-order valence-electron chi connectivity index (χ3n) is 4.94. The van der Waals surface area contributed by atoms with Gasteiger partial charge >= 0.3 is 6.18 Å². The van der Waals surface area contributed by atoms with Gasteiger partial charge in [-0.1, -0.05) is 45.9 Å². The van der Waals surface area contributed by atoms with Gasteiger partial charge in [-0.25, -0.2) is 0 Å². The van der Waals surface area contributed by atoms with Crippen molar-refractivity contribution in [2.75, 3.05) is 0 Å². The normalized spacial score (nSPS) is 13.9. The molecule has 1 amide bonds. The zero-order valence-corrected chi connectivity index (χ0v) is 19.7. The topological polar surface area (TPSA) is 59.5 Å². The number of hydrogen-bond acceptors (Lipinski definition) is 2. The fourth-order valence-electron chi connectivity index (χ4n) is 3.36. The Morgan fingerprint density at radius 1 is 1.12 bits per heavy atom. The van der Waals surface area contributed by atoms with Crippen LogP contribution in [0.4, 0.5) is 13.2 Å². The molecule has 0 aliphatic carbocycles. The van der Waals surface area contributed by atoms with Crippen molar-refractivity contribution in [2.45, 2.75) is 71.7 Å². The summed E-state index contributed by atoms with van der Waals surface area (Å²) in [4.78, 5) is 17.3. The van der Waals surface area contributed by atoms with Crippen LogP contribution in [0.1, 0.15) is 75.1 Å². The molecule has 5 nitrogen and oxygen atoms in total. The summed E-state index contributed by atoms with van der Waals surface area (Å²) in [6, 6.07) is 4.75. The lowest BCUT2D eigenvalue weighted by molar-refractivity contribution is -0.137. The number of nitrogens with zero attached hydrogens (tertiary/aromatic N) is 3. The Bertz CT molecular complexity index is 1080. The van der Waals surface area contributed by atoms with Gasteiger partial charge in [-0.05, 0) is 38.0 Å². The average molecular weight is 452 g/mol. The average Bonchev–Trinajstić information content (AvgIpc) is 2.95. The van der Waals surface area contributed by atoms with Gasteiger partial charge in [0.15, 0.2) is 5.49 Å². The van der Waals surface area contributed by atoms with Crippen LogP contribution >= 0.6 is 0 Å². The highest BCUT2D eigenvalue weighted by Crippen LogP contribution is 2.31. The number of aromatic nitrogens is 2. The molecule has 0 saturated carbocycles. The summed E-state index contributed by atoms with van der Waals surface area (Å²) in [5.74, 6) is -0.776. The second-order valence-electron chi connectivity index (χ2n) is 9.49. The van der Waals surface area contributed by atoms with Crippen LogP contribution in [0.2, 0.25) is 0 Å². The van der Waals surface area contributed by atoms with E-state index in [1.807, 2.05) is 44.1 Å². The van der Waals surface area contributed by atoms with E-state index >= 15 is 0 Å². The molecule has 1 aromatic carbocycles. The van der Waals surface area contributed by atoms with Crippen molar-refractivity contribution in [1.82, 2.24) is 9.36 Å². The van der Waals surface area contributed by atoms with E-state index in [0.29, 0.717) is 12.0 Å². The maximum absolute atomic E-state index is 13.3. The van der Waals surface area contributed by atoms with E-state index in [4.69, 9.17) is 0 Å². The first kappa shape index (κ1) is 25.6. The summed E-state index contributed by atoms with van der Waals surface area (Å²) >= 11 is 0. The predicted molar refractivity (Wildman–Crippen MR) is 119 cm³/mol. The molecular formula is C24H32F3N3O2. The van der Waals surface area contributed by atoms with Gasteiger partial charge in [0.25, 0.3) is 5.91 Å². The zero-order valence-electron chi connectivity index (χ0n) is 19.7. The Labute approximate surface area is 186 Å². The van der Waals surface area contributed by atoms with E-state index in [1.54, 1.807) is 6.07 Å². The molecule has 176 valence electrons. The maximum atomic E-state index is 13.3. The SMILES string of the molecule is CCCn1/c(=N/C(=O)c2cc(C(F)(F)F)ccc2/C=C/C(C)(C)O)cc(C(C)(C)C)n1C. The first-order valence-corrected chi connectivity index (χ1v) is 10.5. The minimum Gasteiger partial charge on any atom is -0.386 e. The van der Waals surface area contributed by atoms with Crippen LogP contribution in [0.25, 0.3) is 6.08 Å². The molecule has 0 bridgehead atoms. The largest absolute Gasteiger partial charge is 0.416 e. The number of benzene rings is 1. The van der Waals surface area contributed by atoms with Crippen LogP contribution in [0.15, 0.2) is 35.3 Å². The first-order valence-electron chi connectivity index (χ1n) is 10.5. The van der Waals surface area contributed by atoms with Gasteiger partial charge in [-0.3, -0.25) is 14.2 Å². The Morgan fingerprint density at radius 3 is 2.25 bits per heavy atom. The number of aliphatic hydroxyl groups is 1. The standard InChI is InChI=1S/C24H32F3N3O2/c1-8-13-30-20(15-19(29(30)7)22(2,3)4)28-21(31)18-14-17(24(25,26)27)10-9-16(18)11-12-23(5,6)32/h9-12,14-15,32H,8,13H2,1-7H3/b12-11+,28-20+. The third-order valence-corrected chi connectivity index (χ3v) is 4.94. The highest BCUT2D eigenvalue weighted by Gasteiger charge is 2.31. The Kier molecular flexibility index (Phi) is 7.29. The lowest BCUT2D eigenvalue weighted by atomic mass is 9.92. The summed E-state index contributed by atoms with van der Waals surface area (Å²) in [5.41, 5.74) is -0.917. The number of carbonyl (C=O) groups is 1. The Balaban J connectivity index is 2.71. The molecule has 32 heavy (non-hydrogen) atoms. The van der Waals surface area contributed by atoms with Crippen molar-refractivity contribution in [3.63, 3.8) is 0 Å². The lowest BCUT2D eigenvalue weighted by Gasteiger charge is -2.20. The molecule has 0 spiro atoms. The van der Waals surface area contributed by atoms with Crippen LogP contribution in [-0.4, -0.2) is 26.0 Å². The molecule has 0 saturated heterocycles. The highest BCUT2D eigenvalue weighted by molar-refractivity contribution is 5.98. The molecule has 2 rings (SSSR count). The van der Waals surface area contributed by atoms with E-state index in [9.17, 15) is 23.1 Å². The third kappa shape index (κ3) is 6.22. The molecule has 8 heteroatoms. The molecule has 2 aromatic rings. The van der Waals surface area contributed by atoms with Crippen LogP contribution < -0.4 is 5.49 Å². The maximum Gasteiger partial charge on any atom is 0.416 e. The number of rotatable bonds is 5. The van der Waals surface area contributed by atoms with Gasteiger partial charge < -0.3 is 5.11 Å². The first-order chi connectivity index (χ1) is 14.5. The van der Waals surface area contributed by atoms with E-state index in [0.717, 1.165) is 24.2 Å². The number of amides is 1. The molecule has 0 radical (unpaired) electrons. The van der Waals surface area contributed by atoms with Crippen molar-refractivity contribution in [2.24, 2.45) is 12.0 Å². The van der Waals surface area contributed by atoms with E-state index in [1.165, 1.54) is 32.1 Å². The molecule has 1 N–H and O–H groups in total. The van der Waals surface area contributed by atoms with E-state index < -0.39 is 23.2 Å². The number of alkyl halides is 3. The minimum absolute atomic E-state index is 0.176. The Hall–Kier alpha value is -2.61. The van der Waals surface area contributed by atoms with Crippen LogP contribution in [0, 0.1) is 0 Å². The van der Waals surface area contributed by atoms with Crippen molar-refractivity contribution in [3.8, 4) is 0 Å². The molecular weight excluding hydrogens is 419 g/mol. The number of halogens is 3. The number of hydrogen-bond donors (Lipinski definition) is 1. The quantitative estimate of drug-likeness (QED) is 0.689.